The summed E-state index contributed by atoms with van der Waals surface area (Å²) in [5.41, 5.74) is 5.73. The van der Waals surface area contributed by atoms with Gasteiger partial charge in [0.2, 0.25) is 0 Å². The lowest BCUT2D eigenvalue weighted by Crippen LogP contribution is -2.15. The predicted molar refractivity (Wildman–Crippen MR) is 96.3 cm³/mol. The molecule has 2 aromatic carbocycles. The smallest absolute Gasteiger partial charge is 0.0435 e. The maximum absolute atomic E-state index is 3.83. The van der Waals surface area contributed by atoms with Crippen LogP contribution in [0.4, 0.5) is 0 Å². The first kappa shape index (κ1) is 16.3. The molecule has 0 fully saturated rings. The van der Waals surface area contributed by atoms with Gasteiger partial charge in [-0.05, 0) is 41.9 Å². The number of halogens is 1. The minimum Gasteiger partial charge on any atom is -0.0835 e. The van der Waals surface area contributed by atoms with Crippen LogP contribution in [0, 0.1) is 6.92 Å². The summed E-state index contributed by atoms with van der Waals surface area (Å²) in [7, 11) is 0. The zero-order valence-corrected chi connectivity index (χ0v) is 15.1. The summed E-state index contributed by atoms with van der Waals surface area (Å²) in [6.45, 7) is 8.99. The molecule has 1 atom stereocenters. The SMILES string of the molecule is CCC(C)(C)c1ccc(C(Br)Cc2ccc(C)cc2)cc1. The highest BCUT2D eigenvalue weighted by Crippen LogP contribution is 2.31. The van der Waals surface area contributed by atoms with Crippen LogP contribution in [-0.4, -0.2) is 0 Å². The second-order valence-electron chi connectivity index (χ2n) is 6.52. The summed E-state index contributed by atoms with van der Waals surface area (Å²) in [5, 5.41) is 0. The van der Waals surface area contributed by atoms with E-state index >= 15 is 0 Å². The summed E-state index contributed by atoms with van der Waals surface area (Å²) in [6.07, 6.45) is 2.18. The summed E-state index contributed by atoms with van der Waals surface area (Å²) in [5.74, 6) is 0. The van der Waals surface area contributed by atoms with Gasteiger partial charge in [-0.2, -0.15) is 0 Å². The van der Waals surface area contributed by atoms with Crippen molar-refractivity contribution in [2.24, 2.45) is 0 Å². The first-order valence-electron chi connectivity index (χ1n) is 7.72. The van der Waals surface area contributed by atoms with E-state index in [9.17, 15) is 0 Å². The van der Waals surface area contributed by atoms with Gasteiger partial charge in [0.25, 0.3) is 0 Å². The van der Waals surface area contributed by atoms with Crippen molar-refractivity contribution in [3.8, 4) is 0 Å². The Hall–Kier alpha value is -1.08. The molecule has 0 aliphatic heterocycles. The third-order valence-electron chi connectivity index (χ3n) is 4.47. The van der Waals surface area contributed by atoms with Crippen molar-refractivity contribution in [1.82, 2.24) is 0 Å². The average Bonchev–Trinajstić information content (AvgIpc) is 2.49. The molecule has 21 heavy (non-hydrogen) atoms. The minimum absolute atomic E-state index is 0.261. The zero-order valence-electron chi connectivity index (χ0n) is 13.5. The van der Waals surface area contributed by atoms with Crippen molar-refractivity contribution >= 4 is 15.9 Å². The molecule has 0 saturated carbocycles. The average molecular weight is 345 g/mol. The summed E-state index contributed by atoms with van der Waals surface area (Å²) < 4.78 is 0. The van der Waals surface area contributed by atoms with Crippen molar-refractivity contribution in [3.63, 3.8) is 0 Å². The highest BCUT2D eigenvalue weighted by molar-refractivity contribution is 9.09. The van der Waals surface area contributed by atoms with Crippen LogP contribution in [0.25, 0.3) is 0 Å². The van der Waals surface area contributed by atoms with Crippen LogP contribution in [-0.2, 0) is 11.8 Å². The Labute approximate surface area is 137 Å². The van der Waals surface area contributed by atoms with Gasteiger partial charge in [-0.1, -0.05) is 90.8 Å². The van der Waals surface area contributed by atoms with Crippen LogP contribution in [0.15, 0.2) is 48.5 Å². The maximum atomic E-state index is 3.83. The van der Waals surface area contributed by atoms with Gasteiger partial charge in [0.05, 0.1) is 0 Å². The van der Waals surface area contributed by atoms with E-state index in [2.05, 4.69) is 92.2 Å². The van der Waals surface area contributed by atoms with E-state index < -0.39 is 0 Å². The zero-order chi connectivity index (χ0) is 15.5. The number of hydrogen-bond donors (Lipinski definition) is 0. The van der Waals surface area contributed by atoms with Gasteiger partial charge in [0.15, 0.2) is 0 Å². The molecule has 1 unspecified atom stereocenters. The van der Waals surface area contributed by atoms with E-state index in [4.69, 9.17) is 0 Å². The second kappa shape index (κ2) is 6.79. The van der Waals surface area contributed by atoms with Crippen LogP contribution in [0.2, 0.25) is 0 Å². The molecule has 0 nitrogen and oxygen atoms in total. The van der Waals surface area contributed by atoms with Crippen molar-refractivity contribution in [1.29, 1.82) is 0 Å². The van der Waals surface area contributed by atoms with Gasteiger partial charge in [-0.25, -0.2) is 0 Å². The Morgan fingerprint density at radius 2 is 1.52 bits per heavy atom. The molecule has 0 N–H and O–H groups in total. The van der Waals surface area contributed by atoms with E-state index in [1.54, 1.807) is 0 Å². The topological polar surface area (TPSA) is 0 Å². The normalized spacial score (nSPS) is 13.2. The summed E-state index contributed by atoms with van der Waals surface area (Å²) in [4.78, 5) is 0.374. The fraction of sp³-hybridized carbons (Fsp3) is 0.400. The van der Waals surface area contributed by atoms with Gasteiger partial charge in [0.1, 0.15) is 0 Å². The molecule has 0 aromatic heterocycles. The Bertz CT molecular complexity index is 564. The maximum Gasteiger partial charge on any atom is 0.0435 e. The molecule has 2 rings (SSSR count). The van der Waals surface area contributed by atoms with Crippen LogP contribution in [0.5, 0.6) is 0 Å². The highest BCUT2D eigenvalue weighted by atomic mass is 79.9. The van der Waals surface area contributed by atoms with Gasteiger partial charge < -0.3 is 0 Å². The Morgan fingerprint density at radius 3 is 2.05 bits per heavy atom. The number of benzene rings is 2. The monoisotopic (exact) mass is 344 g/mol. The molecule has 1 heteroatoms. The lowest BCUT2D eigenvalue weighted by molar-refractivity contribution is 0.506. The van der Waals surface area contributed by atoms with Crippen LogP contribution >= 0.6 is 15.9 Å². The van der Waals surface area contributed by atoms with E-state index in [0.29, 0.717) is 4.83 Å². The highest BCUT2D eigenvalue weighted by Gasteiger charge is 2.18. The number of aryl methyl sites for hydroxylation is 1. The predicted octanol–water partition coefficient (Wildman–Crippen LogP) is 6.36. The van der Waals surface area contributed by atoms with Gasteiger partial charge in [-0.15, -0.1) is 0 Å². The number of alkyl halides is 1. The molecule has 0 aliphatic rings. The molecule has 0 spiro atoms. The number of rotatable bonds is 5. The fourth-order valence-electron chi connectivity index (χ4n) is 2.40. The second-order valence-corrected chi connectivity index (χ2v) is 7.62. The van der Waals surface area contributed by atoms with E-state index in [1.165, 1.54) is 22.3 Å². The molecule has 112 valence electrons. The van der Waals surface area contributed by atoms with Crippen molar-refractivity contribution < 1.29 is 0 Å². The molecule has 0 radical (unpaired) electrons. The molecule has 0 aliphatic carbocycles. The van der Waals surface area contributed by atoms with Crippen LogP contribution in [0.1, 0.15) is 54.3 Å². The Kier molecular flexibility index (Phi) is 5.27. The summed E-state index contributed by atoms with van der Waals surface area (Å²) in [6, 6.07) is 17.9. The first-order chi connectivity index (χ1) is 9.92. The molecule has 2 aromatic rings. The van der Waals surface area contributed by atoms with Crippen molar-refractivity contribution in [2.45, 2.75) is 50.8 Å². The summed E-state index contributed by atoms with van der Waals surface area (Å²) >= 11 is 3.83. The van der Waals surface area contributed by atoms with Gasteiger partial charge >= 0.3 is 0 Å². The molecular weight excluding hydrogens is 320 g/mol. The van der Waals surface area contributed by atoms with E-state index in [1.807, 2.05) is 0 Å². The third-order valence-corrected chi connectivity index (χ3v) is 5.33. The number of hydrogen-bond acceptors (Lipinski definition) is 0. The third kappa shape index (κ3) is 4.20. The van der Waals surface area contributed by atoms with Crippen molar-refractivity contribution in [2.75, 3.05) is 0 Å². The van der Waals surface area contributed by atoms with Crippen LogP contribution in [0.3, 0.4) is 0 Å². The molecule has 0 heterocycles. The van der Waals surface area contributed by atoms with Crippen molar-refractivity contribution in [3.05, 3.63) is 70.8 Å². The molecule has 0 amide bonds. The lowest BCUT2D eigenvalue weighted by Gasteiger charge is -2.24. The Balaban J connectivity index is 2.09. The molecule has 0 bridgehead atoms. The minimum atomic E-state index is 0.261. The van der Waals surface area contributed by atoms with E-state index in [-0.39, 0.29) is 5.41 Å². The lowest BCUT2D eigenvalue weighted by atomic mass is 9.82. The molecule has 0 saturated heterocycles. The largest absolute Gasteiger partial charge is 0.0835 e. The van der Waals surface area contributed by atoms with E-state index in [0.717, 1.165) is 12.8 Å². The molecular formula is C20H25Br. The fourth-order valence-corrected chi connectivity index (χ4v) is 3.08. The first-order valence-corrected chi connectivity index (χ1v) is 8.64. The quantitative estimate of drug-likeness (QED) is 0.553. The Morgan fingerprint density at radius 1 is 0.952 bits per heavy atom. The van der Waals surface area contributed by atoms with Gasteiger partial charge in [0, 0.05) is 4.83 Å². The standard InChI is InChI=1S/C20H25Br/c1-5-20(3,4)18-12-10-17(11-13-18)19(21)14-16-8-6-15(2)7-9-16/h6-13,19H,5,14H2,1-4H3. The van der Waals surface area contributed by atoms with Gasteiger partial charge in [-0.3, -0.25) is 0 Å². The van der Waals surface area contributed by atoms with Crippen LogP contribution < -0.4 is 0 Å².